The van der Waals surface area contributed by atoms with Crippen LogP contribution in [0.25, 0.3) is 0 Å². The summed E-state index contributed by atoms with van der Waals surface area (Å²) in [5.41, 5.74) is -1.37. The predicted octanol–water partition coefficient (Wildman–Crippen LogP) is 3.83. The molecule has 8 heteroatoms. The van der Waals surface area contributed by atoms with Crippen molar-refractivity contribution in [2.45, 2.75) is 37.6 Å². The van der Waals surface area contributed by atoms with Crippen LogP contribution in [0.3, 0.4) is 0 Å². The molecule has 116 valence electrons. The normalized spacial score (nSPS) is 16.3. The van der Waals surface area contributed by atoms with Gasteiger partial charge in [0.25, 0.3) is 0 Å². The molecule has 0 aliphatic heterocycles. The predicted molar refractivity (Wildman–Crippen MR) is 81.3 cm³/mol. The number of carbonyl (C=O) groups is 1. The average Bonchev–Trinajstić information content (AvgIpc) is 2.43. The first-order valence-electron chi connectivity index (χ1n) is 6.32. The molecule has 2 rings (SSSR count). The van der Waals surface area contributed by atoms with Crippen LogP contribution in [0.1, 0.15) is 32.1 Å². The van der Waals surface area contributed by atoms with Crippen LogP contribution in [0, 0.1) is 0 Å². The van der Waals surface area contributed by atoms with E-state index in [-0.39, 0.29) is 0 Å². The van der Waals surface area contributed by atoms with Gasteiger partial charge in [0.2, 0.25) is 0 Å². The van der Waals surface area contributed by atoms with Gasteiger partial charge < -0.3 is 5.11 Å². The number of carboxylic acids is 1. The highest BCUT2D eigenvalue weighted by Gasteiger charge is 2.40. The van der Waals surface area contributed by atoms with Crippen LogP contribution in [0.2, 0.25) is 10.0 Å². The molecule has 0 aromatic heterocycles. The lowest BCUT2D eigenvalue weighted by Gasteiger charge is -2.26. The van der Waals surface area contributed by atoms with E-state index in [1.54, 1.807) is 24.3 Å². The molecule has 0 spiro atoms. The summed E-state index contributed by atoms with van der Waals surface area (Å²) >= 11 is 11.1. The molecule has 0 unspecified atom stereocenters. The second-order valence-electron chi connectivity index (χ2n) is 4.64. The molecule has 0 heterocycles. The number of halogens is 2. The Morgan fingerprint density at radius 1 is 1.05 bits per heavy atom. The van der Waals surface area contributed by atoms with Gasteiger partial charge in [-0.3, -0.25) is 0 Å². The SMILES string of the molecule is Clc1ccc(Cl)cc1.O=C(O)C1(N=S(=O)=O)CCCCC1. The zero-order valence-electron chi connectivity index (χ0n) is 11.1. The Balaban J connectivity index is 0.000000235. The third-order valence-corrected chi connectivity index (χ3v) is 4.13. The summed E-state index contributed by atoms with van der Waals surface area (Å²) in [5, 5.41) is 10.3. The Morgan fingerprint density at radius 2 is 1.48 bits per heavy atom. The van der Waals surface area contributed by atoms with Crippen molar-refractivity contribution >= 4 is 39.7 Å². The molecular weight excluding hydrogens is 337 g/mol. The minimum atomic E-state index is -2.63. The molecule has 1 N–H and O–H groups in total. The van der Waals surface area contributed by atoms with Crippen LogP contribution in [0.5, 0.6) is 0 Å². The topological polar surface area (TPSA) is 83.8 Å². The number of hydrogen-bond acceptors (Lipinski definition) is 4. The quantitative estimate of drug-likeness (QED) is 0.877. The van der Waals surface area contributed by atoms with Gasteiger partial charge in [-0.1, -0.05) is 42.5 Å². The summed E-state index contributed by atoms with van der Waals surface area (Å²) in [5.74, 6) is -1.13. The van der Waals surface area contributed by atoms with Gasteiger partial charge in [0.15, 0.2) is 5.54 Å². The lowest BCUT2D eigenvalue weighted by atomic mass is 9.83. The van der Waals surface area contributed by atoms with Crippen molar-refractivity contribution in [1.82, 2.24) is 0 Å². The van der Waals surface area contributed by atoms with Gasteiger partial charge in [0, 0.05) is 10.0 Å². The molecular formula is C13H15Cl2NO4S. The number of aliphatic carboxylic acids is 1. The van der Waals surface area contributed by atoms with Crippen molar-refractivity contribution in [2.24, 2.45) is 4.36 Å². The monoisotopic (exact) mass is 351 g/mol. The number of hydrogen-bond donors (Lipinski definition) is 1. The van der Waals surface area contributed by atoms with Crippen LogP contribution in [0.15, 0.2) is 28.6 Å². The Bertz CT molecular complexity index is 579. The largest absolute Gasteiger partial charge is 0.479 e. The summed E-state index contributed by atoms with van der Waals surface area (Å²) in [4.78, 5) is 10.8. The van der Waals surface area contributed by atoms with Gasteiger partial charge in [0.05, 0.1) is 0 Å². The van der Waals surface area contributed by atoms with Crippen molar-refractivity contribution in [3.8, 4) is 0 Å². The highest BCUT2D eigenvalue weighted by molar-refractivity contribution is 7.61. The van der Waals surface area contributed by atoms with E-state index >= 15 is 0 Å². The summed E-state index contributed by atoms with van der Waals surface area (Å²) < 4.78 is 24.0. The number of benzene rings is 1. The Kier molecular flexibility index (Phi) is 7.14. The first-order chi connectivity index (χ1) is 9.85. The summed E-state index contributed by atoms with van der Waals surface area (Å²) in [6, 6.07) is 7.02. The first kappa shape index (κ1) is 17.9. The van der Waals surface area contributed by atoms with Crippen LogP contribution in [0.4, 0.5) is 0 Å². The number of nitrogens with zero attached hydrogens (tertiary/aromatic N) is 1. The zero-order chi connectivity index (χ0) is 15.9. The fourth-order valence-electron chi connectivity index (χ4n) is 2.05. The lowest BCUT2D eigenvalue weighted by molar-refractivity contribution is -0.144. The van der Waals surface area contributed by atoms with E-state index in [0.29, 0.717) is 12.8 Å². The van der Waals surface area contributed by atoms with Gasteiger partial charge in [-0.2, -0.15) is 12.8 Å². The van der Waals surface area contributed by atoms with E-state index in [0.717, 1.165) is 29.3 Å². The van der Waals surface area contributed by atoms with E-state index in [4.69, 9.17) is 28.3 Å². The van der Waals surface area contributed by atoms with Crippen molar-refractivity contribution in [3.63, 3.8) is 0 Å². The number of rotatable bonds is 2. The molecule has 0 radical (unpaired) electrons. The fourth-order valence-corrected chi connectivity index (χ4v) is 2.85. The maximum atomic E-state index is 10.8. The molecule has 0 saturated heterocycles. The molecule has 1 saturated carbocycles. The molecule has 1 fully saturated rings. The van der Waals surface area contributed by atoms with Crippen LogP contribution >= 0.6 is 23.2 Å². The minimum absolute atomic E-state index is 0.330. The molecule has 0 bridgehead atoms. The maximum absolute atomic E-state index is 10.8. The molecule has 1 aliphatic rings. The van der Waals surface area contributed by atoms with Crippen LogP contribution in [-0.2, 0) is 15.3 Å². The molecule has 5 nitrogen and oxygen atoms in total. The second-order valence-corrected chi connectivity index (χ2v) is 6.13. The summed E-state index contributed by atoms with van der Waals surface area (Å²) in [6.45, 7) is 0. The van der Waals surface area contributed by atoms with E-state index in [9.17, 15) is 13.2 Å². The van der Waals surface area contributed by atoms with Gasteiger partial charge in [-0.15, -0.1) is 0 Å². The van der Waals surface area contributed by atoms with Crippen molar-refractivity contribution in [3.05, 3.63) is 34.3 Å². The molecule has 21 heavy (non-hydrogen) atoms. The highest BCUT2D eigenvalue weighted by Crippen LogP contribution is 2.31. The van der Waals surface area contributed by atoms with Gasteiger partial charge in [-0.25, -0.2) is 4.79 Å². The second kappa shape index (κ2) is 8.36. The Morgan fingerprint density at radius 3 is 1.81 bits per heavy atom. The molecule has 1 aromatic rings. The minimum Gasteiger partial charge on any atom is -0.479 e. The maximum Gasteiger partial charge on any atom is 0.332 e. The van der Waals surface area contributed by atoms with Gasteiger partial charge in [-0.05, 0) is 37.1 Å². The highest BCUT2D eigenvalue weighted by atomic mass is 35.5. The average molecular weight is 352 g/mol. The lowest BCUT2D eigenvalue weighted by Crippen LogP contribution is -2.38. The van der Waals surface area contributed by atoms with Gasteiger partial charge >= 0.3 is 16.5 Å². The molecule has 0 atom stereocenters. The Hall–Kier alpha value is -1.11. The fraction of sp³-hybridized carbons (Fsp3) is 0.462. The first-order valence-corrected chi connectivity index (χ1v) is 8.11. The van der Waals surface area contributed by atoms with Crippen molar-refractivity contribution in [2.75, 3.05) is 0 Å². The standard InChI is InChI=1S/C7H11NO4S.C6H4Cl2/c9-6(10)7(8-13(11)12)4-2-1-3-5-7;7-5-1-2-6(8)4-3-5/h1-5H2,(H,9,10);1-4H. The van der Waals surface area contributed by atoms with Crippen molar-refractivity contribution < 1.29 is 18.3 Å². The number of carboxylic acid groups (broad SMARTS) is 1. The summed E-state index contributed by atoms with van der Waals surface area (Å²) in [7, 11) is -2.63. The van der Waals surface area contributed by atoms with E-state index in [1.165, 1.54) is 0 Å². The van der Waals surface area contributed by atoms with E-state index in [1.807, 2.05) is 0 Å². The third kappa shape index (κ3) is 6.03. The molecule has 0 amide bonds. The Labute approximate surface area is 134 Å². The van der Waals surface area contributed by atoms with Crippen LogP contribution < -0.4 is 0 Å². The van der Waals surface area contributed by atoms with Crippen molar-refractivity contribution in [1.29, 1.82) is 0 Å². The smallest absolute Gasteiger partial charge is 0.332 e. The third-order valence-electron chi connectivity index (χ3n) is 3.13. The van der Waals surface area contributed by atoms with Crippen LogP contribution in [-0.4, -0.2) is 25.0 Å². The van der Waals surface area contributed by atoms with E-state index in [2.05, 4.69) is 4.36 Å². The summed E-state index contributed by atoms with van der Waals surface area (Å²) in [6.07, 6.45) is 3.07. The van der Waals surface area contributed by atoms with E-state index < -0.39 is 22.0 Å². The van der Waals surface area contributed by atoms with Gasteiger partial charge in [0.1, 0.15) is 0 Å². The molecule has 1 aromatic carbocycles. The molecule has 1 aliphatic carbocycles. The zero-order valence-corrected chi connectivity index (χ0v) is 13.5.